The number of nitrogens with two attached hydrogens (primary N) is 1. The molecule has 0 saturated heterocycles. The predicted octanol–water partition coefficient (Wildman–Crippen LogP) is 1.85. The number of nitrogens with one attached hydrogen (secondary N) is 1. The zero-order chi connectivity index (χ0) is 12.0. The predicted molar refractivity (Wildman–Crippen MR) is 66.3 cm³/mol. The van der Waals surface area contributed by atoms with Crippen LogP contribution in [0.1, 0.15) is 13.3 Å². The van der Waals surface area contributed by atoms with E-state index in [1.165, 1.54) is 0 Å². The highest BCUT2D eigenvalue weighted by Crippen LogP contribution is 2.28. The van der Waals surface area contributed by atoms with Crippen LogP contribution in [0.4, 0.5) is 5.69 Å². The van der Waals surface area contributed by atoms with Crippen molar-refractivity contribution in [3.63, 3.8) is 0 Å². The van der Waals surface area contributed by atoms with Crippen molar-refractivity contribution in [3.05, 3.63) is 18.2 Å². The van der Waals surface area contributed by atoms with Crippen molar-refractivity contribution in [2.75, 3.05) is 26.1 Å². The molecule has 16 heavy (non-hydrogen) atoms. The first kappa shape index (κ1) is 12.6. The lowest BCUT2D eigenvalue weighted by Crippen LogP contribution is -2.28. The largest absolute Gasteiger partial charge is 0.497 e. The minimum absolute atomic E-state index is 0.149. The molecule has 0 aromatic heterocycles. The molecule has 0 heterocycles. The van der Waals surface area contributed by atoms with Crippen LogP contribution >= 0.6 is 0 Å². The maximum absolute atomic E-state index is 5.85. The molecule has 0 radical (unpaired) electrons. The van der Waals surface area contributed by atoms with Crippen molar-refractivity contribution >= 4 is 5.69 Å². The summed E-state index contributed by atoms with van der Waals surface area (Å²) in [5.41, 5.74) is 6.76. The van der Waals surface area contributed by atoms with E-state index < -0.39 is 0 Å². The molecule has 90 valence electrons. The average molecular weight is 224 g/mol. The molecule has 1 unspecified atom stereocenters. The Morgan fingerprint density at radius 3 is 2.62 bits per heavy atom. The van der Waals surface area contributed by atoms with Crippen LogP contribution in [0, 0.1) is 0 Å². The summed E-state index contributed by atoms with van der Waals surface area (Å²) < 4.78 is 10.4. The Bertz CT molecular complexity index is 329. The number of methoxy groups -OCH3 is 2. The van der Waals surface area contributed by atoms with Gasteiger partial charge in [-0.25, -0.2) is 0 Å². The second-order valence-electron chi connectivity index (χ2n) is 3.62. The molecule has 4 nitrogen and oxygen atoms in total. The second kappa shape index (κ2) is 6.23. The van der Waals surface area contributed by atoms with E-state index in [1.54, 1.807) is 14.2 Å². The number of ether oxygens (including phenoxy) is 2. The van der Waals surface area contributed by atoms with Gasteiger partial charge in [0.15, 0.2) is 0 Å². The molecule has 0 spiro atoms. The van der Waals surface area contributed by atoms with E-state index in [2.05, 4.69) is 12.2 Å². The van der Waals surface area contributed by atoms with Crippen molar-refractivity contribution in [2.45, 2.75) is 19.4 Å². The van der Waals surface area contributed by atoms with Crippen molar-refractivity contribution < 1.29 is 9.47 Å². The molecule has 1 aromatic carbocycles. The number of rotatable bonds is 6. The molecule has 0 aliphatic rings. The Labute approximate surface area is 96.7 Å². The fourth-order valence-corrected chi connectivity index (χ4v) is 1.34. The van der Waals surface area contributed by atoms with Gasteiger partial charge in [0, 0.05) is 18.7 Å². The molecule has 3 N–H and O–H groups in total. The van der Waals surface area contributed by atoms with E-state index in [-0.39, 0.29) is 6.04 Å². The topological polar surface area (TPSA) is 56.5 Å². The number of hydrogen-bond donors (Lipinski definition) is 2. The fourth-order valence-electron chi connectivity index (χ4n) is 1.34. The highest BCUT2D eigenvalue weighted by Gasteiger charge is 2.06. The van der Waals surface area contributed by atoms with Gasteiger partial charge < -0.3 is 20.5 Å². The van der Waals surface area contributed by atoms with Gasteiger partial charge in [-0.2, -0.15) is 0 Å². The highest BCUT2D eigenvalue weighted by atomic mass is 16.5. The standard InChI is InChI=1S/C12H20N2O2/c1-4-9(13)8-14-11-7-10(15-2)5-6-12(11)16-3/h5-7,9,14H,4,8,13H2,1-3H3. The summed E-state index contributed by atoms with van der Waals surface area (Å²) in [6, 6.07) is 5.79. The molecule has 1 aromatic rings. The van der Waals surface area contributed by atoms with Gasteiger partial charge in [0.2, 0.25) is 0 Å². The Hall–Kier alpha value is -1.42. The van der Waals surface area contributed by atoms with Gasteiger partial charge in [0.25, 0.3) is 0 Å². The van der Waals surface area contributed by atoms with E-state index in [0.717, 1.165) is 30.2 Å². The van der Waals surface area contributed by atoms with Crippen LogP contribution in [0.3, 0.4) is 0 Å². The molecular formula is C12H20N2O2. The van der Waals surface area contributed by atoms with Crippen molar-refractivity contribution in [1.82, 2.24) is 0 Å². The summed E-state index contributed by atoms with van der Waals surface area (Å²) in [5, 5.41) is 3.26. The first-order valence-electron chi connectivity index (χ1n) is 5.42. The Morgan fingerprint density at radius 1 is 1.31 bits per heavy atom. The van der Waals surface area contributed by atoms with Crippen LogP contribution in [0.5, 0.6) is 11.5 Å². The van der Waals surface area contributed by atoms with Gasteiger partial charge in [-0.1, -0.05) is 6.92 Å². The molecular weight excluding hydrogens is 204 g/mol. The molecule has 0 saturated carbocycles. The van der Waals surface area contributed by atoms with Crippen LogP contribution < -0.4 is 20.5 Å². The van der Waals surface area contributed by atoms with Gasteiger partial charge in [0.05, 0.1) is 19.9 Å². The van der Waals surface area contributed by atoms with E-state index in [1.807, 2.05) is 18.2 Å². The Morgan fingerprint density at radius 2 is 2.06 bits per heavy atom. The van der Waals surface area contributed by atoms with E-state index >= 15 is 0 Å². The summed E-state index contributed by atoms with van der Waals surface area (Å²) in [7, 11) is 3.29. The molecule has 0 fully saturated rings. The third kappa shape index (κ3) is 3.31. The monoisotopic (exact) mass is 224 g/mol. The lowest BCUT2D eigenvalue weighted by molar-refractivity contribution is 0.404. The van der Waals surface area contributed by atoms with E-state index in [0.29, 0.717) is 0 Å². The maximum Gasteiger partial charge on any atom is 0.142 e. The quantitative estimate of drug-likeness (QED) is 0.774. The van der Waals surface area contributed by atoms with Gasteiger partial charge >= 0.3 is 0 Å². The first-order chi connectivity index (χ1) is 7.71. The summed E-state index contributed by atoms with van der Waals surface area (Å²) >= 11 is 0. The van der Waals surface area contributed by atoms with E-state index in [4.69, 9.17) is 15.2 Å². The first-order valence-corrected chi connectivity index (χ1v) is 5.42. The zero-order valence-electron chi connectivity index (χ0n) is 10.1. The molecule has 0 amide bonds. The van der Waals surface area contributed by atoms with Gasteiger partial charge in [0.1, 0.15) is 11.5 Å². The molecule has 1 atom stereocenters. The number of anilines is 1. The Kier molecular flexibility index (Phi) is 4.92. The summed E-state index contributed by atoms with van der Waals surface area (Å²) in [6.45, 7) is 2.79. The fraction of sp³-hybridized carbons (Fsp3) is 0.500. The van der Waals surface area contributed by atoms with E-state index in [9.17, 15) is 0 Å². The molecule has 0 aliphatic heterocycles. The third-order valence-electron chi connectivity index (χ3n) is 2.49. The lowest BCUT2D eigenvalue weighted by atomic mass is 10.2. The Balaban J connectivity index is 2.75. The van der Waals surface area contributed by atoms with Gasteiger partial charge in [-0.05, 0) is 18.6 Å². The van der Waals surface area contributed by atoms with Crippen LogP contribution in [-0.2, 0) is 0 Å². The number of benzene rings is 1. The van der Waals surface area contributed by atoms with Crippen molar-refractivity contribution in [2.24, 2.45) is 5.73 Å². The molecule has 0 aliphatic carbocycles. The SMILES string of the molecule is CCC(N)CNc1cc(OC)ccc1OC. The third-order valence-corrected chi connectivity index (χ3v) is 2.49. The maximum atomic E-state index is 5.85. The van der Waals surface area contributed by atoms with Crippen LogP contribution in [0.25, 0.3) is 0 Å². The molecule has 1 rings (SSSR count). The van der Waals surface area contributed by atoms with Crippen LogP contribution in [0.15, 0.2) is 18.2 Å². The number of hydrogen-bond acceptors (Lipinski definition) is 4. The van der Waals surface area contributed by atoms with Crippen molar-refractivity contribution in [3.8, 4) is 11.5 Å². The van der Waals surface area contributed by atoms with Crippen LogP contribution in [-0.4, -0.2) is 26.8 Å². The lowest BCUT2D eigenvalue weighted by Gasteiger charge is -2.15. The normalized spacial score (nSPS) is 12.0. The summed E-state index contributed by atoms with van der Waals surface area (Å²) in [6.07, 6.45) is 0.944. The average Bonchev–Trinajstić information content (AvgIpc) is 2.35. The smallest absolute Gasteiger partial charge is 0.142 e. The molecule has 0 bridgehead atoms. The minimum Gasteiger partial charge on any atom is -0.497 e. The van der Waals surface area contributed by atoms with Crippen molar-refractivity contribution in [1.29, 1.82) is 0 Å². The molecule has 4 heteroatoms. The van der Waals surface area contributed by atoms with Gasteiger partial charge in [-0.3, -0.25) is 0 Å². The highest BCUT2D eigenvalue weighted by molar-refractivity contribution is 5.59. The second-order valence-corrected chi connectivity index (χ2v) is 3.62. The van der Waals surface area contributed by atoms with Crippen LogP contribution in [0.2, 0.25) is 0 Å². The summed E-state index contributed by atoms with van der Waals surface area (Å²) in [5.74, 6) is 1.59. The minimum atomic E-state index is 0.149. The zero-order valence-corrected chi connectivity index (χ0v) is 10.1. The van der Waals surface area contributed by atoms with Gasteiger partial charge in [-0.15, -0.1) is 0 Å². The summed E-state index contributed by atoms with van der Waals surface area (Å²) in [4.78, 5) is 0.